The number of aryl methyl sites for hydroxylation is 1. The average Bonchev–Trinajstić information content (AvgIpc) is 2.24. The van der Waals surface area contributed by atoms with Crippen molar-refractivity contribution in [3.8, 4) is 0 Å². The van der Waals surface area contributed by atoms with Crippen molar-refractivity contribution in [2.24, 2.45) is 0 Å². The molecule has 1 heterocycles. The number of hydrogen-bond acceptors (Lipinski definition) is 3. The first-order valence-corrected chi connectivity index (χ1v) is 6.69. The van der Waals surface area contributed by atoms with Crippen molar-refractivity contribution in [3.63, 3.8) is 0 Å². The molecule has 4 heteroatoms. The average molecular weight is 251 g/mol. The molecule has 1 aromatic rings. The number of nitrogen functional groups attached to an aromatic ring is 2. The van der Waals surface area contributed by atoms with Crippen LogP contribution >= 0.6 is 0 Å². The van der Waals surface area contributed by atoms with Crippen molar-refractivity contribution >= 4 is 11.4 Å². The first-order valence-electron chi connectivity index (χ1n) is 6.69. The monoisotopic (exact) mass is 251 g/mol. The zero-order valence-electron chi connectivity index (χ0n) is 11.9. The Morgan fingerprint density at radius 1 is 1.06 bits per heavy atom. The lowest BCUT2D eigenvalue weighted by Crippen LogP contribution is -2.35. The summed E-state index contributed by atoms with van der Waals surface area (Å²) in [4.78, 5) is 4.28. The van der Waals surface area contributed by atoms with Crippen LogP contribution in [-0.2, 0) is 6.42 Å². The summed E-state index contributed by atoms with van der Waals surface area (Å²) in [6, 6.07) is 1.79. The summed E-state index contributed by atoms with van der Waals surface area (Å²) in [5.74, 6) is 0. The lowest BCUT2D eigenvalue weighted by molar-refractivity contribution is -0.870. The first-order chi connectivity index (χ1) is 8.38. The summed E-state index contributed by atoms with van der Waals surface area (Å²) in [5.41, 5.74) is 13.8. The van der Waals surface area contributed by atoms with Gasteiger partial charge >= 0.3 is 0 Å². The standard InChI is InChI=1S/C14H27N4/c1-18(2,3)9-7-5-4-6-8-14-13(16)10-12(15)11-17-14/h10-11H,4-9,15-16H2,1-3H3/q+1. The van der Waals surface area contributed by atoms with Gasteiger partial charge in [0, 0.05) is 0 Å². The predicted octanol–water partition coefficient (Wildman–Crippen LogP) is 2.06. The van der Waals surface area contributed by atoms with Gasteiger partial charge in [-0.15, -0.1) is 0 Å². The number of rotatable bonds is 7. The van der Waals surface area contributed by atoms with Gasteiger partial charge in [-0.3, -0.25) is 4.98 Å². The summed E-state index contributed by atoms with van der Waals surface area (Å²) >= 11 is 0. The van der Waals surface area contributed by atoms with E-state index in [0.29, 0.717) is 5.69 Å². The van der Waals surface area contributed by atoms with E-state index in [2.05, 4.69) is 26.1 Å². The third-order valence-corrected chi connectivity index (χ3v) is 3.02. The SMILES string of the molecule is C[N+](C)(C)CCCCCCc1ncc(N)cc1N. The third kappa shape index (κ3) is 5.87. The Hall–Kier alpha value is -1.29. The van der Waals surface area contributed by atoms with Gasteiger partial charge in [0.15, 0.2) is 0 Å². The van der Waals surface area contributed by atoms with Crippen LogP contribution in [0.3, 0.4) is 0 Å². The van der Waals surface area contributed by atoms with Crippen molar-refractivity contribution in [3.05, 3.63) is 18.0 Å². The molecule has 0 saturated heterocycles. The maximum Gasteiger partial charge on any atom is 0.0780 e. The summed E-state index contributed by atoms with van der Waals surface area (Å²) in [6.07, 6.45) is 7.60. The Bertz CT molecular complexity index is 369. The summed E-state index contributed by atoms with van der Waals surface area (Å²) in [7, 11) is 6.71. The van der Waals surface area contributed by atoms with Crippen LogP contribution in [-0.4, -0.2) is 37.2 Å². The Morgan fingerprint density at radius 3 is 2.33 bits per heavy atom. The van der Waals surface area contributed by atoms with Crippen LogP contribution < -0.4 is 11.5 Å². The molecule has 0 aromatic carbocycles. The third-order valence-electron chi connectivity index (χ3n) is 3.02. The smallest absolute Gasteiger partial charge is 0.0780 e. The molecule has 0 unspecified atom stereocenters. The molecule has 1 rings (SSSR count). The minimum absolute atomic E-state index is 0.638. The van der Waals surface area contributed by atoms with E-state index in [4.69, 9.17) is 11.5 Å². The van der Waals surface area contributed by atoms with E-state index in [1.54, 1.807) is 12.3 Å². The van der Waals surface area contributed by atoms with Crippen molar-refractivity contribution < 1.29 is 4.48 Å². The van der Waals surface area contributed by atoms with Crippen molar-refractivity contribution in [1.29, 1.82) is 0 Å². The molecular weight excluding hydrogens is 224 g/mol. The van der Waals surface area contributed by atoms with Crippen LogP contribution in [0.4, 0.5) is 11.4 Å². The van der Waals surface area contributed by atoms with E-state index in [0.717, 1.165) is 28.7 Å². The van der Waals surface area contributed by atoms with Gasteiger partial charge in [0.05, 0.1) is 51.0 Å². The summed E-state index contributed by atoms with van der Waals surface area (Å²) in [6.45, 7) is 1.24. The lowest BCUT2D eigenvalue weighted by Gasteiger charge is -2.23. The highest BCUT2D eigenvalue weighted by atomic mass is 15.3. The lowest BCUT2D eigenvalue weighted by atomic mass is 10.1. The van der Waals surface area contributed by atoms with Crippen molar-refractivity contribution in [1.82, 2.24) is 4.98 Å². The predicted molar refractivity (Wildman–Crippen MR) is 78.1 cm³/mol. The first kappa shape index (κ1) is 14.8. The van der Waals surface area contributed by atoms with Crippen LogP contribution in [0.5, 0.6) is 0 Å². The number of unbranched alkanes of at least 4 members (excludes halogenated alkanes) is 3. The minimum atomic E-state index is 0.638. The van der Waals surface area contributed by atoms with Gasteiger partial charge in [0.25, 0.3) is 0 Å². The Balaban J connectivity index is 2.18. The number of nitrogens with two attached hydrogens (primary N) is 2. The molecule has 0 spiro atoms. The number of aromatic nitrogens is 1. The zero-order valence-corrected chi connectivity index (χ0v) is 11.9. The molecule has 4 N–H and O–H groups in total. The van der Waals surface area contributed by atoms with Gasteiger partial charge < -0.3 is 16.0 Å². The van der Waals surface area contributed by atoms with E-state index < -0.39 is 0 Å². The van der Waals surface area contributed by atoms with Crippen molar-refractivity contribution in [2.45, 2.75) is 32.1 Å². The second kappa shape index (κ2) is 6.59. The van der Waals surface area contributed by atoms with Crippen molar-refractivity contribution in [2.75, 3.05) is 39.2 Å². The molecule has 18 heavy (non-hydrogen) atoms. The fourth-order valence-electron chi connectivity index (χ4n) is 1.97. The molecule has 0 amide bonds. The molecular formula is C14H27N4+. The quantitative estimate of drug-likeness (QED) is 0.576. The molecule has 0 saturated carbocycles. The van der Waals surface area contributed by atoms with Crippen LogP contribution in [0, 0.1) is 0 Å². The second-order valence-corrected chi connectivity index (χ2v) is 5.98. The Labute approximate surface area is 111 Å². The number of quaternary nitrogens is 1. The second-order valence-electron chi connectivity index (χ2n) is 5.98. The number of pyridine rings is 1. The molecule has 0 bridgehead atoms. The maximum atomic E-state index is 5.87. The van der Waals surface area contributed by atoms with E-state index in [9.17, 15) is 0 Å². The highest BCUT2D eigenvalue weighted by molar-refractivity contribution is 5.52. The highest BCUT2D eigenvalue weighted by Gasteiger charge is 2.06. The normalized spacial score (nSPS) is 11.7. The number of nitrogens with zero attached hydrogens (tertiary/aromatic N) is 2. The van der Waals surface area contributed by atoms with Gasteiger partial charge in [0.2, 0.25) is 0 Å². The Kier molecular flexibility index (Phi) is 5.41. The van der Waals surface area contributed by atoms with E-state index >= 15 is 0 Å². The molecule has 0 aliphatic heterocycles. The van der Waals surface area contributed by atoms with Gasteiger partial charge in [0.1, 0.15) is 0 Å². The van der Waals surface area contributed by atoms with Crippen LogP contribution in [0.25, 0.3) is 0 Å². The number of anilines is 2. The number of hydrogen-bond donors (Lipinski definition) is 2. The van der Waals surface area contributed by atoms with E-state index in [1.165, 1.54) is 25.8 Å². The van der Waals surface area contributed by atoms with E-state index in [1.807, 2.05) is 0 Å². The fourth-order valence-corrected chi connectivity index (χ4v) is 1.97. The van der Waals surface area contributed by atoms with Gasteiger partial charge in [-0.1, -0.05) is 6.42 Å². The molecule has 0 radical (unpaired) electrons. The molecule has 1 aromatic heterocycles. The molecule has 0 atom stereocenters. The van der Waals surface area contributed by atoms with Crippen LogP contribution in [0.2, 0.25) is 0 Å². The van der Waals surface area contributed by atoms with Crippen LogP contribution in [0.15, 0.2) is 12.3 Å². The fraction of sp³-hybridized carbons (Fsp3) is 0.643. The molecule has 0 aliphatic rings. The van der Waals surface area contributed by atoms with E-state index in [-0.39, 0.29) is 0 Å². The molecule has 0 fully saturated rings. The highest BCUT2D eigenvalue weighted by Crippen LogP contribution is 2.15. The van der Waals surface area contributed by atoms with Gasteiger partial charge in [-0.2, -0.15) is 0 Å². The van der Waals surface area contributed by atoms with Crippen LogP contribution in [0.1, 0.15) is 31.4 Å². The summed E-state index contributed by atoms with van der Waals surface area (Å²) < 4.78 is 1.05. The Morgan fingerprint density at radius 2 is 1.72 bits per heavy atom. The minimum Gasteiger partial charge on any atom is -0.397 e. The van der Waals surface area contributed by atoms with Gasteiger partial charge in [-0.05, 0) is 31.7 Å². The molecule has 0 aliphatic carbocycles. The zero-order chi connectivity index (χ0) is 13.6. The molecule has 102 valence electrons. The molecule has 4 nitrogen and oxygen atoms in total. The maximum absolute atomic E-state index is 5.87. The van der Waals surface area contributed by atoms with Gasteiger partial charge in [-0.25, -0.2) is 0 Å². The topological polar surface area (TPSA) is 64.9 Å². The largest absolute Gasteiger partial charge is 0.397 e. The summed E-state index contributed by atoms with van der Waals surface area (Å²) in [5, 5.41) is 0.